The van der Waals surface area contributed by atoms with Gasteiger partial charge in [0.15, 0.2) is 0 Å². The lowest BCUT2D eigenvalue weighted by Gasteiger charge is -2.18. The molecule has 2 unspecified atom stereocenters. The van der Waals surface area contributed by atoms with Crippen molar-refractivity contribution in [2.75, 3.05) is 6.54 Å². The summed E-state index contributed by atoms with van der Waals surface area (Å²) in [5.74, 6) is 0. The quantitative estimate of drug-likeness (QED) is 0.650. The summed E-state index contributed by atoms with van der Waals surface area (Å²) in [6, 6.07) is 1.71. The highest BCUT2D eigenvalue weighted by Crippen LogP contribution is 2.19. The number of hydrogen-bond acceptors (Lipinski definition) is 3. The first-order chi connectivity index (χ1) is 7.25. The highest BCUT2D eigenvalue weighted by atomic mass is 15.1. The summed E-state index contributed by atoms with van der Waals surface area (Å²) in [7, 11) is 0. The van der Waals surface area contributed by atoms with Crippen LogP contribution in [0.2, 0.25) is 0 Å². The second-order valence-electron chi connectivity index (χ2n) is 4.96. The monoisotopic (exact) mass is 209 g/mol. The first-order valence-corrected chi connectivity index (χ1v) is 6.19. The molecule has 2 fully saturated rings. The fourth-order valence-corrected chi connectivity index (χ4v) is 2.71. The lowest BCUT2D eigenvalue weighted by molar-refractivity contribution is 0.458. The van der Waals surface area contributed by atoms with Gasteiger partial charge in [0.25, 0.3) is 0 Å². The number of nitrogens with one attached hydrogen (secondary N) is 2. The van der Waals surface area contributed by atoms with Gasteiger partial charge in [-0.15, -0.1) is 0 Å². The normalized spacial score (nSPS) is 32.3. The van der Waals surface area contributed by atoms with Crippen molar-refractivity contribution < 1.29 is 0 Å². The lowest BCUT2D eigenvalue weighted by Crippen LogP contribution is -2.41. The van der Waals surface area contributed by atoms with Gasteiger partial charge >= 0.3 is 0 Å². The Hall–Kier alpha value is -0.540. The Bertz CT molecular complexity index is 221. The summed E-state index contributed by atoms with van der Waals surface area (Å²) in [5, 5.41) is 7.18. The van der Waals surface area contributed by atoms with E-state index in [4.69, 9.17) is 5.73 Å². The molecule has 2 atom stereocenters. The van der Waals surface area contributed by atoms with Crippen LogP contribution in [0.5, 0.6) is 0 Å². The van der Waals surface area contributed by atoms with Gasteiger partial charge in [0.1, 0.15) is 0 Å². The summed E-state index contributed by atoms with van der Waals surface area (Å²) in [6.45, 7) is 4.90. The molecule has 1 heterocycles. The fourth-order valence-electron chi connectivity index (χ4n) is 2.71. The molecule has 0 aromatic rings. The van der Waals surface area contributed by atoms with E-state index in [2.05, 4.69) is 17.2 Å². The maximum Gasteiger partial charge on any atom is 0.0464 e. The Kier molecular flexibility index (Phi) is 3.65. The van der Waals surface area contributed by atoms with Crippen LogP contribution in [0.1, 0.15) is 38.5 Å². The molecule has 86 valence electrons. The van der Waals surface area contributed by atoms with E-state index in [0.29, 0.717) is 12.1 Å². The molecule has 0 amide bonds. The standard InChI is InChI=1S/C12H23N3/c1-9(13)12-7-6-11(15-12)8-14-10-4-2-3-5-10/h10-12,14-15H,1-8,13H2. The summed E-state index contributed by atoms with van der Waals surface area (Å²) in [6.07, 6.45) is 7.89. The molecular weight excluding hydrogens is 186 g/mol. The van der Waals surface area contributed by atoms with Gasteiger partial charge in [-0.25, -0.2) is 0 Å². The Morgan fingerprint density at radius 3 is 2.60 bits per heavy atom. The minimum atomic E-state index is 0.348. The van der Waals surface area contributed by atoms with E-state index in [0.717, 1.165) is 24.7 Å². The van der Waals surface area contributed by atoms with Crippen LogP contribution in [0.15, 0.2) is 12.3 Å². The number of rotatable bonds is 4. The molecule has 0 aromatic heterocycles. The Labute approximate surface area is 92.5 Å². The summed E-state index contributed by atoms with van der Waals surface area (Å²) in [4.78, 5) is 0. The second kappa shape index (κ2) is 4.99. The van der Waals surface area contributed by atoms with Crippen LogP contribution in [-0.4, -0.2) is 24.7 Å². The van der Waals surface area contributed by atoms with Crippen LogP contribution in [0.25, 0.3) is 0 Å². The van der Waals surface area contributed by atoms with Crippen LogP contribution in [0.4, 0.5) is 0 Å². The fraction of sp³-hybridized carbons (Fsp3) is 0.833. The van der Waals surface area contributed by atoms with Crippen molar-refractivity contribution >= 4 is 0 Å². The average molecular weight is 209 g/mol. The van der Waals surface area contributed by atoms with Crippen molar-refractivity contribution in [2.45, 2.75) is 56.7 Å². The molecule has 4 N–H and O–H groups in total. The van der Waals surface area contributed by atoms with Crippen molar-refractivity contribution in [3.8, 4) is 0 Å². The minimum absolute atomic E-state index is 0.348. The Balaban J connectivity index is 1.66. The minimum Gasteiger partial charge on any atom is -0.401 e. The van der Waals surface area contributed by atoms with Crippen molar-refractivity contribution in [3.05, 3.63) is 12.3 Å². The molecule has 3 nitrogen and oxygen atoms in total. The van der Waals surface area contributed by atoms with E-state index in [1.165, 1.54) is 32.1 Å². The molecule has 3 heteroatoms. The molecule has 1 saturated heterocycles. The molecule has 0 spiro atoms. The van der Waals surface area contributed by atoms with Crippen molar-refractivity contribution in [3.63, 3.8) is 0 Å². The van der Waals surface area contributed by atoms with E-state index in [1.807, 2.05) is 0 Å². The van der Waals surface area contributed by atoms with E-state index < -0.39 is 0 Å². The van der Waals surface area contributed by atoms with Gasteiger partial charge in [0, 0.05) is 30.4 Å². The first-order valence-electron chi connectivity index (χ1n) is 6.19. The zero-order chi connectivity index (χ0) is 10.7. The predicted octanol–water partition coefficient (Wildman–Crippen LogP) is 1.11. The largest absolute Gasteiger partial charge is 0.401 e. The van der Waals surface area contributed by atoms with Gasteiger partial charge in [0.05, 0.1) is 0 Å². The van der Waals surface area contributed by atoms with Crippen LogP contribution in [0.3, 0.4) is 0 Å². The number of hydrogen-bond donors (Lipinski definition) is 3. The Morgan fingerprint density at radius 1 is 1.27 bits per heavy atom. The van der Waals surface area contributed by atoms with Gasteiger partial charge in [-0.3, -0.25) is 0 Å². The van der Waals surface area contributed by atoms with Gasteiger partial charge in [-0.1, -0.05) is 19.4 Å². The van der Waals surface area contributed by atoms with Crippen molar-refractivity contribution in [1.82, 2.24) is 10.6 Å². The molecule has 15 heavy (non-hydrogen) atoms. The molecule has 1 saturated carbocycles. The smallest absolute Gasteiger partial charge is 0.0464 e. The third-order valence-electron chi connectivity index (χ3n) is 3.70. The third kappa shape index (κ3) is 2.95. The van der Waals surface area contributed by atoms with Gasteiger partial charge in [0.2, 0.25) is 0 Å². The first kappa shape index (κ1) is 11.0. The predicted molar refractivity (Wildman–Crippen MR) is 63.5 cm³/mol. The van der Waals surface area contributed by atoms with E-state index in [9.17, 15) is 0 Å². The highest BCUT2D eigenvalue weighted by Gasteiger charge is 2.25. The van der Waals surface area contributed by atoms with Crippen LogP contribution >= 0.6 is 0 Å². The summed E-state index contributed by atoms with van der Waals surface area (Å²) >= 11 is 0. The Morgan fingerprint density at radius 2 is 2.00 bits per heavy atom. The summed E-state index contributed by atoms with van der Waals surface area (Å²) < 4.78 is 0. The average Bonchev–Trinajstić information content (AvgIpc) is 2.86. The van der Waals surface area contributed by atoms with E-state index in [1.54, 1.807) is 0 Å². The lowest BCUT2D eigenvalue weighted by atomic mass is 10.1. The van der Waals surface area contributed by atoms with Gasteiger partial charge < -0.3 is 16.4 Å². The van der Waals surface area contributed by atoms with Crippen molar-refractivity contribution in [2.24, 2.45) is 5.73 Å². The van der Waals surface area contributed by atoms with Gasteiger partial charge in [-0.2, -0.15) is 0 Å². The molecule has 0 radical (unpaired) electrons. The topological polar surface area (TPSA) is 50.1 Å². The maximum atomic E-state index is 5.70. The molecular formula is C12H23N3. The zero-order valence-electron chi connectivity index (χ0n) is 9.47. The zero-order valence-corrected chi connectivity index (χ0v) is 9.47. The summed E-state index contributed by atoms with van der Waals surface area (Å²) in [5.41, 5.74) is 6.49. The highest BCUT2D eigenvalue weighted by molar-refractivity contribution is 5.05. The maximum absolute atomic E-state index is 5.70. The van der Waals surface area contributed by atoms with E-state index in [-0.39, 0.29) is 0 Å². The molecule has 0 aromatic carbocycles. The van der Waals surface area contributed by atoms with Crippen LogP contribution < -0.4 is 16.4 Å². The molecule has 2 aliphatic rings. The van der Waals surface area contributed by atoms with Gasteiger partial charge in [-0.05, 0) is 25.7 Å². The molecule has 0 bridgehead atoms. The van der Waals surface area contributed by atoms with Crippen LogP contribution in [-0.2, 0) is 0 Å². The second-order valence-corrected chi connectivity index (χ2v) is 4.96. The third-order valence-corrected chi connectivity index (χ3v) is 3.70. The van der Waals surface area contributed by atoms with Crippen molar-refractivity contribution in [1.29, 1.82) is 0 Å². The molecule has 2 rings (SSSR count). The van der Waals surface area contributed by atoms with Crippen LogP contribution in [0, 0.1) is 0 Å². The van der Waals surface area contributed by atoms with E-state index >= 15 is 0 Å². The molecule has 1 aliphatic heterocycles. The molecule has 1 aliphatic carbocycles. The SMILES string of the molecule is C=C(N)C1CCC(CNC2CCCC2)N1. The number of nitrogens with two attached hydrogens (primary N) is 1.